The fourth-order valence-electron chi connectivity index (χ4n) is 3.45. The lowest BCUT2D eigenvalue weighted by atomic mass is 9.91. The number of pyridine rings is 1. The van der Waals surface area contributed by atoms with Crippen LogP contribution in [0.2, 0.25) is 0 Å². The van der Waals surface area contributed by atoms with Crippen molar-refractivity contribution >= 4 is 5.52 Å². The molecule has 3 heteroatoms. The summed E-state index contributed by atoms with van der Waals surface area (Å²) in [6, 6.07) is 4.33. The molecule has 0 radical (unpaired) electrons. The summed E-state index contributed by atoms with van der Waals surface area (Å²) in [5.41, 5.74) is 3.50. The van der Waals surface area contributed by atoms with E-state index < -0.39 is 0 Å². The molecule has 0 saturated heterocycles. The van der Waals surface area contributed by atoms with Crippen LogP contribution in [-0.2, 0) is 0 Å². The second kappa shape index (κ2) is 6.18. The highest BCUT2D eigenvalue weighted by molar-refractivity contribution is 5.50. The largest absolute Gasteiger partial charge is 0.387 e. The second-order valence-electron chi connectivity index (χ2n) is 6.45. The zero-order chi connectivity index (χ0) is 14.8. The number of aromatic nitrogens is 2. The molecule has 0 bridgehead atoms. The van der Waals surface area contributed by atoms with E-state index in [1.165, 1.54) is 31.2 Å². The smallest absolute Gasteiger partial charge is 0.0995 e. The molecule has 2 aromatic heterocycles. The third-order valence-electron chi connectivity index (χ3n) is 4.82. The molecule has 1 N–H and O–H groups in total. The molecule has 114 valence electrons. The summed E-state index contributed by atoms with van der Waals surface area (Å²) in [6.07, 6.45) is 10.2. The van der Waals surface area contributed by atoms with Crippen molar-refractivity contribution in [2.45, 2.75) is 64.4 Å². The molecule has 0 spiro atoms. The Morgan fingerprint density at radius 1 is 1.33 bits per heavy atom. The molecule has 21 heavy (non-hydrogen) atoms. The molecule has 0 aliphatic heterocycles. The minimum atomic E-state index is -0.380. The molecular weight excluding hydrogens is 260 g/mol. The van der Waals surface area contributed by atoms with Crippen LogP contribution in [0.15, 0.2) is 24.7 Å². The molecular formula is C18H26N2O. The van der Waals surface area contributed by atoms with Gasteiger partial charge in [0, 0.05) is 0 Å². The maximum Gasteiger partial charge on any atom is 0.0995 e. The summed E-state index contributed by atoms with van der Waals surface area (Å²) in [6.45, 7) is 4.45. The SMILES string of the molecule is CCCC(CC)CC(O)c1c(C2CC2)ccc2cncn12. The molecule has 1 aliphatic carbocycles. The van der Waals surface area contributed by atoms with E-state index in [4.69, 9.17) is 0 Å². The molecule has 3 nitrogen and oxygen atoms in total. The fraction of sp³-hybridized carbons (Fsp3) is 0.611. The van der Waals surface area contributed by atoms with Gasteiger partial charge < -0.3 is 9.51 Å². The third kappa shape index (κ3) is 2.98. The van der Waals surface area contributed by atoms with E-state index in [1.807, 2.05) is 12.5 Å². The summed E-state index contributed by atoms with van der Waals surface area (Å²) in [5.74, 6) is 1.25. The number of fused-ring (bicyclic) bond motifs is 1. The number of aliphatic hydroxyl groups is 1. The van der Waals surface area contributed by atoms with Gasteiger partial charge in [0.15, 0.2) is 0 Å². The van der Waals surface area contributed by atoms with E-state index in [9.17, 15) is 5.11 Å². The lowest BCUT2D eigenvalue weighted by Gasteiger charge is -2.22. The highest BCUT2D eigenvalue weighted by Crippen LogP contribution is 2.44. The monoisotopic (exact) mass is 286 g/mol. The van der Waals surface area contributed by atoms with Crippen LogP contribution < -0.4 is 0 Å². The highest BCUT2D eigenvalue weighted by Gasteiger charge is 2.30. The molecule has 1 fully saturated rings. The van der Waals surface area contributed by atoms with Crippen molar-refractivity contribution in [3.05, 3.63) is 35.9 Å². The molecule has 2 atom stereocenters. The van der Waals surface area contributed by atoms with Crippen molar-refractivity contribution in [2.24, 2.45) is 5.92 Å². The van der Waals surface area contributed by atoms with Gasteiger partial charge in [0.1, 0.15) is 0 Å². The predicted octanol–water partition coefficient (Wildman–Crippen LogP) is 4.46. The number of rotatable bonds is 7. The van der Waals surface area contributed by atoms with Gasteiger partial charge in [-0.1, -0.05) is 39.2 Å². The van der Waals surface area contributed by atoms with E-state index in [1.54, 1.807) is 0 Å². The van der Waals surface area contributed by atoms with Crippen molar-refractivity contribution in [1.29, 1.82) is 0 Å². The van der Waals surface area contributed by atoms with Crippen LogP contribution in [-0.4, -0.2) is 14.5 Å². The van der Waals surface area contributed by atoms with Gasteiger partial charge in [-0.05, 0) is 42.7 Å². The molecule has 1 aliphatic rings. The van der Waals surface area contributed by atoms with Crippen LogP contribution in [0, 0.1) is 5.92 Å². The zero-order valence-electron chi connectivity index (χ0n) is 13.1. The lowest BCUT2D eigenvalue weighted by Crippen LogP contribution is -2.12. The van der Waals surface area contributed by atoms with Crippen LogP contribution in [0.4, 0.5) is 0 Å². The number of hydrogen-bond acceptors (Lipinski definition) is 2. The van der Waals surface area contributed by atoms with E-state index in [0.717, 1.165) is 24.1 Å². The second-order valence-corrected chi connectivity index (χ2v) is 6.45. The summed E-state index contributed by atoms with van der Waals surface area (Å²) >= 11 is 0. The number of hydrogen-bond donors (Lipinski definition) is 1. The Morgan fingerprint density at radius 3 is 2.81 bits per heavy atom. The lowest BCUT2D eigenvalue weighted by molar-refractivity contribution is 0.133. The minimum Gasteiger partial charge on any atom is -0.387 e. The van der Waals surface area contributed by atoms with Gasteiger partial charge in [0.25, 0.3) is 0 Å². The van der Waals surface area contributed by atoms with Gasteiger partial charge in [0.05, 0.1) is 29.8 Å². The van der Waals surface area contributed by atoms with Crippen LogP contribution >= 0.6 is 0 Å². The van der Waals surface area contributed by atoms with Crippen molar-refractivity contribution in [3.63, 3.8) is 0 Å². The molecule has 0 aromatic carbocycles. The standard InChI is InChI=1S/C18H26N2O/c1-3-5-13(4-2)10-17(21)18-16(14-6-7-14)9-8-15-11-19-12-20(15)18/h8-9,11-14,17,21H,3-7,10H2,1-2H3. The molecule has 2 unspecified atom stereocenters. The van der Waals surface area contributed by atoms with Crippen LogP contribution in [0.3, 0.4) is 0 Å². The molecule has 3 rings (SSSR count). The maximum atomic E-state index is 10.9. The first-order valence-electron chi connectivity index (χ1n) is 8.37. The van der Waals surface area contributed by atoms with Crippen molar-refractivity contribution in [1.82, 2.24) is 9.38 Å². The highest BCUT2D eigenvalue weighted by atomic mass is 16.3. The van der Waals surface area contributed by atoms with Gasteiger partial charge in [0.2, 0.25) is 0 Å². The summed E-state index contributed by atoms with van der Waals surface area (Å²) < 4.78 is 2.09. The van der Waals surface area contributed by atoms with Crippen LogP contribution in [0.25, 0.3) is 5.52 Å². The zero-order valence-corrected chi connectivity index (χ0v) is 13.1. The van der Waals surface area contributed by atoms with E-state index in [0.29, 0.717) is 11.8 Å². The maximum absolute atomic E-state index is 10.9. The molecule has 1 saturated carbocycles. The first-order chi connectivity index (χ1) is 10.2. The summed E-state index contributed by atoms with van der Waals surface area (Å²) in [7, 11) is 0. The Kier molecular flexibility index (Phi) is 4.29. The summed E-state index contributed by atoms with van der Waals surface area (Å²) in [4.78, 5) is 4.25. The van der Waals surface area contributed by atoms with E-state index >= 15 is 0 Å². The third-order valence-corrected chi connectivity index (χ3v) is 4.82. The van der Waals surface area contributed by atoms with Crippen LogP contribution in [0.1, 0.15) is 75.7 Å². The van der Waals surface area contributed by atoms with Crippen molar-refractivity contribution < 1.29 is 5.11 Å². The first-order valence-corrected chi connectivity index (χ1v) is 8.37. The van der Waals surface area contributed by atoms with Crippen molar-refractivity contribution in [2.75, 3.05) is 0 Å². The predicted molar refractivity (Wildman–Crippen MR) is 85.4 cm³/mol. The quantitative estimate of drug-likeness (QED) is 0.816. The average molecular weight is 286 g/mol. The van der Waals surface area contributed by atoms with Crippen LogP contribution in [0.5, 0.6) is 0 Å². The number of imidazole rings is 1. The minimum absolute atomic E-state index is 0.380. The Morgan fingerprint density at radius 2 is 2.14 bits per heavy atom. The topological polar surface area (TPSA) is 37.5 Å². The molecule has 0 amide bonds. The Balaban J connectivity index is 1.93. The Hall–Kier alpha value is -1.35. The van der Waals surface area contributed by atoms with Gasteiger partial charge in [-0.2, -0.15) is 0 Å². The van der Waals surface area contributed by atoms with E-state index in [-0.39, 0.29) is 6.10 Å². The fourth-order valence-corrected chi connectivity index (χ4v) is 3.45. The number of aliphatic hydroxyl groups excluding tert-OH is 1. The normalized spacial score (nSPS) is 18.0. The Labute approximate surface area is 127 Å². The van der Waals surface area contributed by atoms with Crippen molar-refractivity contribution in [3.8, 4) is 0 Å². The molecule has 2 heterocycles. The van der Waals surface area contributed by atoms with Gasteiger partial charge in [-0.15, -0.1) is 0 Å². The van der Waals surface area contributed by atoms with E-state index in [2.05, 4.69) is 35.4 Å². The molecule has 2 aromatic rings. The Bertz CT molecular complexity index is 600. The van der Waals surface area contributed by atoms with Gasteiger partial charge in [-0.3, -0.25) is 0 Å². The average Bonchev–Trinajstić information content (AvgIpc) is 3.22. The number of nitrogens with zero attached hydrogens (tertiary/aromatic N) is 2. The summed E-state index contributed by atoms with van der Waals surface area (Å²) in [5, 5.41) is 10.9. The first kappa shape index (κ1) is 14.6. The van der Waals surface area contributed by atoms with Gasteiger partial charge in [-0.25, -0.2) is 4.98 Å². The van der Waals surface area contributed by atoms with Gasteiger partial charge >= 0.3 is 0 Å².